The minimum Gasteiger partial charge on any atom is -0.496 e. The van der Waals surface area contributed by atoms with E-state index in [1.807, 2.05) is 30.3 Å². The van der Waals surface area contributed by atoms with E-state index in [-0.39, 0.29) is 24.8 Å². The Bertz CT molecular complexity index is 827. The average Bonchev–Trinajstić information content (AvgIpc) is 2.65. The number of para-hydroxylation sites is 1. The first-order valence-electron chi connectivity index (χ1n) is 8.21. The largest absolute Gasteiger partial charge is 0.496 e. The molecule has 2 aromatic carbocycles. The van der Waals surface area contributed by atoms with E-state index in [1.165, 1.54) is 6.92 Å². The van der Waals surface area contributed by atoms with E-state index in [9.17, 15) is 9.59 Å². The molecule has 0 aliphatic carbocycles. The third-order valence-corrected chi connectivity index (χ3v) is 3.88. The SMILES string of the molecule is COc1ccccc1CN(CCC(=O)Nc1cccc(C#N)c1)C(C)=O. The Kier molecular flexibility index (Phi) is 6.75. The molecule has 0 heterocycles. The number of anilines is 1. The molecule has 2 aromatic rings. The van der Waals surface area contributed by atoms with Crippen LogP contribution in [-0.4, -0.2) is 30.4 Å². The van der Waals surface area contributed by atoms with Crippen LogP contribution in [0.15, 0.2) is 48.5 Å². The Hall–Kier alpha value is -3.33. The molecule has 1 N–H and O–H groups in total. The second-order valence-electron chi connectivity index (χ2n) is 5.74. The molecule has 26 heavy (non-hydrogen) atoms. The van der Waals surface area contributed by atoms with Gasteiger partial charge in [0.1, 0.15) is 5.75 Å². The maximum Gasteiger partial charge on any atom is 0.226 e. The molecule has 0 atom stereocenters. The van der Waals surface area contributed by atoms with Gasteiger partial charge in [0.2, 0.25) is 11.8 Å². The van der Waals surface area contributed by atoms with E-state index in [2.05, 4.69) is 5.32 Å². The van der Waals surface area contributed by atoms with Gasteiger partial charge in [-0.25, -0.2) is 0 Å². The Morgan fingerprint density at radius 3 is 2.65 bits per heavy atom. The van der Waals surface area contributed by atoms with E-state index < -0.39 is 0 Å². The van der Waals surface area contributed by atoms with E-state index in [0.717, 1.165) is 5.56 Å². The van der Waals surface area contributed by atoms with Crippen molar-refractivity contribution in [1.29, 1.82) is 5.26 Å². The summed E-state index contributed by atoms with van der Waals surface area (Å²) in [5.41, 5.74) is 1.92. The molecule has 0 aliphatic heterocycles. The van der Waals surface area contributed by atoms with Crippen LogP contribution in [0.4, 0.5) is 5.69 Å². The second-order valence-corrected chi connectivity index (χ2v) is 5.74. The molecular formula is C20H21N3O3. The Balaban J connectivity index is 1.96. The summed E-state index contributed by atoms with van der Waals surface area (Å²) >= 11 is 0. The van der Waals surface area contributed by atoms with Crippen LogP contribution in [0, 0.1) is 11.3 Å². The molecular weight excluding hydrogens is 330 g/mol. The number of rotatable bonds is 7. The smallest absolute Gasteiger partial charge is 0.226 e. The van der Waals surface area contributed by atoms with Gasteiger partial charge >= 0.3 is 0 Å². The number of benzene rings is 2. The Labute approximate surface area is 153 Å². The zero-order valence-corrected chi connectivity index (χ0v) is 14.9. The van der Waals surface area contributed by atoms with Crippen molar-refractivity contribution in [2.75, 3.05) is 19.0 Å². The van der Waals surface area contributed by atoms with Crippen LogP contribution in [0.5, 0.6) is 5.75 Å². The number of hydrogen-bond acceptors (Lipinski definition) is 4. The van der Waals surface area contributed by atoms with Crippen LogP contribution in [0.1, 0.15) is 24.5 Å². The number of nitrogens with one attached hydrogen (secondary N) is 1. The van der Waals surface area contributed by atoms with E-state index in [0.29, 0.717) is 23.5 Å². The first kappa shape index (κ1) is 19.0. The van der Waals surface area contributed by atoms with Gasteiger partial charge in [-0.05, 0) is 24.3 Å². The molecule has 0 fully saturated rings. The summed E-state index contributed by atoms with van der Waals surface area (Å²) in [6.07, 6.45) is 0.158. The van der Waals surface area contributed by atoms with Crippen molar-refractivity contribution >= 4 is 17.5 Å². The fourth-order valence-electron chi connectivity index (χ4n) is 2.51. The normalized spacial score (nSPS) is 9.88. The number of ether oxygens (including phenoxy) is 1. The molecule has 2 rings (SSSR count). The molecule has 6 nitrogen and oxygen atoms in total. The van der Waals surface area contributed by atoms with Crippen LogP contribution in [0.2, 0.25) is 0 Å². The third kappa shape index (κ3) is 5.35. The average molecular weight is 351 g/mol. The van der Waals surface area contributed by atoms with E-state index in [4.69, 9.17) is 10.00 Å². The highest BCUT2D eigenvalue weighted by Gasteiger charge is 2.14. The summed E-state index contributed by atoms with van der Waals surface area (Å²) in [4.78, 5) is 25.7. The number of amides is 2. The standard InChI is InChI=1S/C20H21N3O3/c1-15(24)23(14-17-7-3-4-9-19(17)26-2)11-10-20(25)22-18-8-5-6-16(12-18)13-21/h3-9,12H,10-11,14H2,1-2H3,(H,22,25). The highest BCUT2D eigenvalue weighted by molar-refractivity contribution is 5.91. The molecule has 6 heteroatoms. The van der Waals surface area contributed by atoms with Crippen LogP contribution in [-0.2, 0) is 16.1 Å². The van der Waals surface area contributed by atoms with Crippen molar-refractivity contribution in [3.63, 3.8) is 0 Å². The molecule has 0 aliphatic rings. The van der Waals surface area contributed by atoms with Crippen LogP contribution < -0.4 is 10.1 Å². The predicted octanol–water partition coefficient (Wildman–Crippen LogP) is 2.94. The summed E-state index contributed by atoms with van der Waals surface area (Å²) in [5.74, 6) is 0.373. The summed E-state index contributed by atoms with van der Waals surface area (Å²) < 4.78 is 5.31. The molecule has 0 saturated carbocycles. The highest BCUT2D eigenvalue weighted by Crippen LogP contribution is 2.19. The maximum atomic E-state index is 12.2. The Morgan fingerprint density at radius 1 is 1.19 bits per heavy atom. The summed E-state index contributed by atoms with van der Waals surface area (Å²) in [6.45, 7) is 2.14. The van der Waals surface area contributed by atoms with Crippen molar-refractivity contribution in [2.24, 2.45) is 0 Å². The fourth-order valence-corrected chi connectivity index (χ4v) is 2.51. The van der Waals surface area contributed by atoms with Crippen LogP contribution >= 0.6 is 0 Å². The van der Waals surface area contributed by atoms with E-state index in [1.54, 1.807) is 36.3 Å². The topological polar surface area (TPSA) is 82.4 Å². The molecule has 0 saturated heterocycles. The van der Waals surface area contributed by atoms with Gasteiger partial charge in [0.25, 0.3) is 0 Å². The van der Waals surface area contributed by atoms with Crippen molar-refractivity contribution in [3.05, 3.63) is 59.7 Å². The van der Waals surface area contributed by atoms with Gasteiger partial charge in [0, 0.05) is 37.7 Å². The fraction of sp³-hybridized carbons (Fsp3) is 0.250. The third-order valence-electron chi connectivity index (χ3n) is 3.88. The quantitative estimate of drug-likeness (QED) is 0.831. The van der Waals surface area contributed by atoms with Gasteiger partial charge < -0.3 is 15.0 Å². The zero-order chi connectivity index (χ0) is 18.9. The summed E-state index contributed by atoms with van der Waals surface area (Å²) in [5, 5.41) is 11.6. The molecule has 134 valence electrons. The first-order valence-corrected chi connectivity index (χ1v) is 8.21. The van der Waals surface area contributed by atoms with Crippen LogP contribution in [0.25, 0.3) is 0 Å². The molecule has 0 bridgehead atoms. The van der Waals surface area contributed by atoms with Gasteiger partial charge in [0.05, 0.1) is 18.7 Å². The van der Waals surface area contributed by atoms with Crippen molar-refractivity contribution < 1.29 is 14.3 Å². The first-order chi connectivity index (χ1) is 12.5. The minimum absolute atomic E-state index is 0.116. The highest BCUT2D eigenvalue weighted by atomic mass is 16.5. The van der Waals surface area contributed by atoms with Gasteiger partial charge in [-0.15, -0.1) is 0 Å². The molecule has 0 radical (unpaired) electrons. The number of hydrogen-bond donors (Lipinski definition) is 1. The lowest BCUT2D eigenvalue weighted by Gasteiger charge is -2.22. The lowest BCUT2D eigenvalue weighted by Crippen LogP contribution is -2.31. The molecule has 2 amide bonds. The number of nitrogens with zero attached hydrogens (tertiary/aromatic N) is 2. The Morgan fingerprint density at radius 2 is 1.96 bits per heavy atom. The second kappa shape index (κ2) is 9.23. The van der Waals surface area contributed by atoms with Gasteiger partial charge in [-0.3, -0.25) is 9.59 Å². The van der Waals surface area contributed by atoms with Crippen LogP contribution in [0.3, 0.4) is 0 Å². The van der Waals surface area contributed by atoms with Crippen molar-refractivity contribution in [1.82, 2.24) is 4.90 Å². The van der Waals surface area contributed by atoms with Crippen molar-refractivity contribution in [2.45, 2.75) is 19.9 Å². The zero-order valence-electron chi connectivity index (χ0n) is 14.9. The lowest BCUT2D eigenvalue weighted by molar-refractivity contribution is -0.129. The minimum atomic E-state index is -0.216. The van der Waals surface area contributed by atoms with E-state index >= 15 is 0 Å². The van der Waals surface area contributed by atoms with Gasteiger partial charge in [-0.2, -0.15) is 5.26 Å². The van der Waals surface area contributed by atoms with Gasteiger partial charge in [0.15, 0.2) is 0 Å². The molecule has 0 spiro atoms. The van der Waals surface area contributed by atoms with Crippen molar-refractivity contribution in [3.8, 4) is 11.8 Å². The molecule has 0 aromatic heterocycles. The predicted molar refractivity (Wildman–Crippen MR) is 98.5 cm³/mol. The summed E-state index contributed by atoms with van der Waals surface area (Å²) in [6, 6.07) is 16.2. The monoisotopic (exact) mass is 351 g/mol. The molecule has 0 unspecified atom stereocenters. The number of methoxy groups -OCH3 is 1. The maximum absolute atomic E-state index is 12.2. The number of nitriles is 1. The van der Waals surface area contributed by atoms with Gasteiger partial charge in [-0.1, -0.05) is 24.3 Å². The lowest BCUT2D eigenvalue weighted by atomic mass is 10.1. The number of carbonyl (C=O) groups excluding carboxylic acids is 2. The summed E-state index contributed by atoms with van der Waals surface area (Å²) in [7, 11) is 1.58. The number of carbonyl (C=O) groups is 2.